The van der Waals surface area contributed by atoms with Gasteiger partial charge in [0.25, 0.3) is 0 Å². The Labute approximate surface area is 125 Å². The van der Waals surface area contributed by atoms with Gasteiger partial charge < -0.3 is 4.42 Å². The summed E-state index contributed by atoms with van der Waals surface area (Å²) in [4.78, 5) is 11.0. The zero-order valence-corrected chi connectivity index (χ0v) is 12.2. The van der Waals surface area contributed by atoms with E-state index < -0.39 is 0 Å². The highest BCUT2D eigenvalue weighted by molar-refractivity contribution is 7.22. The molecule has 1 aromatic carbocycles. The molecule has 3 nitrogen and oxygen atoms in total. The molecule has 0 aliphatic rings. The summed E-state index contributed by atoms with van der Waals surface area (Å²) in [7, 11) is 0. The topological polar surface area (TPSA) is 38.9 Å². The van der Waals surface area contributed by atoms with Crippen molar-refractivity contribution >= 4 is 21.6 Å². The van der Waals surface area contributed by atoms with Crippen LogP contribution in [0.3, 0.4) is 0 Å². The number of thiophene rings is 1. The lowest BCUT2D eigenvalue weighted by Gasteiger charge is -2.02. The lowest BCUT2D eigenvalue weighted by molar-refractivity contribution is 0.584. The molecule has 4 rings (SSSR count). The molecule has 0 radical (unpaired) electrons. The van der Waals surface area contributed by atoms with Crippen LogP contribution in [0.25, 0.3) is 32.0 Å². The molecule has 4 heteroatoms. The Morgan fingerprint density at radius 3 is 2.67 bits per heavy atom. The summed E-state index contributed by atoms with van der Waals surface area (Å²) < 4.78 is 5.60. The fraction of sp³-hybridized carbons (Fsp3) is 0.0588. The quantitative estimate of drug-likeness (QED) is 0.526. The SMILES string of the molecule is Cc1ncc2c(-c3ccccc3)c(-c3ccco3)sc2n1. The summed E-state index contributed by atoms with van der Waals surface area (Å²) in [5.74, 6) is 1.66. The molecule has 0 aliphatic heterocycles. The van der Waals surface area contributed by atoms with Crippen molar-refractivity contribution < 1.29 is 4.42 Å². The standard InChI is InChI=1S/C17H12N2OS/c1-11-18-10-13-15(12-6-3-2-4-7-12)16(21-17(13)19-11)14-8-5-9-20-14/h2-10H,1H3. The largest absolute Gasteiger partial charge is 0.463 e. The van der Waals surface area contributed by atoms with Crippen LogP contribution in [0.15, 0.2) is 59.3 Å². The second-order valence-corrected chi connectivity index (χ2v) is 5.78. The van der Waals surface area contributed by atoms with Gasteiger partial charge in [0.1, 0.15) is 16.4 Å². The Bertz CT molecular complexity index is 895. The number of aryl methyl sites for hydroxylation is 1. The van der Waals surface area contributed by atoms with Crippen LogP contribution >= 0.6 is 11.3 Å². The first kappa shape index (κ1) is 12.3. The third kappa shape index (κ3) is 2.04. The summed E-state index contributed by atoms with van der Waals surface area (Å²) in [6.07, 6.45) is 3.61. The second kappa shape index (κ2) is 4.82. The fourth-order valence-corrected chi connectivity index (χ4v) is 3.62. The molecule has 0 fully saturated rings. The first-order valence-corrected chi connectivity index (χ1v) is 7.50. The molecule has 3 aromatic heterocycles. The lowest BCUT2D eigenvalue weighted by atomic mass is 10.0. The van der Waals surface area contributed by atoms with Gasteiger partial charge in [0.05, 0.1) is 11.1 Å². The van der Waals surface area contributed by atoms with Crippen LogP contribution in [-0.4, -0.2) is 9.97 Å². The van der Waals surface area contributed by atoms with Gasteiger partial charge in [0.15, 0.2) is 0 Å². The van der Waals surface area contributed by atoms with Gasteiger partial charge in [-0.15, -0.1) is 11.3 Å². The maximum absolute atomic E-state index is 5.60. The maximum atomic E-state index is 5.60. The average molecular weight is 292 g/mol. The predicted molar refractivity (Wildman–Crippen MR) is 85.3 cm³/mol. The summed E-state index contributed by atoms with van der Waals surface area (Å²) in [6.45, 7) is 1.91. The molecule has 0 atom stereocenters. The van der Waals surface area contributed by atoms with Crippen LogP contribution in [0.4, 0.5) is 0 Å². The number of hydrogen-bond acceptors (Lipinski definition) is 4. The van der Waals surface area contributed by atoms with Crippen molar-refractivity contribution in [2.24, 2.45) is 0 Å². The van der Waals surface area contributed by atoms with Crippen molar-refractivity contribution in [3.63, 3.8) is 0 Å². The molecule has 0 N–H and O–H groups in total. The molecule has 0 unspecified atom stereocenters. The van der Waals surface area contributed by atoms with E-state index in [0.717, 1.165) is 37.8 Å². The predicted octanol–water partition coefficient (Wildman–Crippen LogP) is 4.93. The molecule has 0 aliphatic carbocycles. The van der Waals surface area contributed by atoms with Crippen LogP contribution in [0, 0.1) is 6.92 Å². The molecule has 4 aromatic rings. The van der Waals surface area contributed by atoms with Gasteiger partial charge >= 0.3 is 0 Å². The van der Waals surface area contributed by atoms with Gasteiger partial charge in [-0.25, -0.2) is 9.97 Å². The zero-order valence-electron chi connectivity index (χ0n) is 11.4. The zero-order chi connectivity index (χ0) is 14.2. The van der Waals surface area contributed by atoms with E-state index in [0.29, 0.717) is 0 Å². The third-order valence-corrected chi connectivity index (χ3v) is 4.49. The van der Waals surface area contributed by atoms with Gasteiger partial charge in [0.2, 0.25) is 0 Å². The van der Waals surface area contributed by atoms with E-state index in [2.05, 4.69) is 22.1 Å². The highest BCUT2D eigenvalue weighted by Gasteiger charge is 2.18. The molecule has 0 saturated heterocycles. The van der Waals surface area contributed by atoms with E-state index in [9.17, 15) is 0 Å². The van der Waals surface area contributed by atoms with E-state index in [1.807, 2.05) is 43.5 Å². The average Bonchev–Trinajstić information content (AvgIpc) is 3.14. The Morgan fingerprint density at radius 2 is 1.90 bits per heavy atom. The smallest absolute Gasteiger partial charge is 0.144 e. The molecule has 102 valence electrons. The maximum Gasteiger partial charge on any atom is 0.144 e. The van der Waals surface area contributed by atoms with E-state index >= 15 is 0 Å². The molecule has 0 saturated carbocycles. The van der Waals surface area contributed by atoms with Crippen LogP contribution in [-0.2, 0) is 0 Å². The molecule has 0 bridgehead atoms. The summed E-state index contributed by atoms with van der Waals surface area (Å²) >= 11 is 1.65. The molecular formula is C17H12N2OS. The number of benzene rings is 1. The number of furan rings is 1. The highest BCUT2D eigenvalue weighted by Crippen LogP contribution is 2.43. The van der Waals surface area contributed by atoms with Crippen molar-refractivity contribution in [1.82, 2.24) is 9.97 Å². The van der Waals surface area contributed by atoms with E-state index in [1.54, 1.807) is 17.6 Å². The van der Waals surface area contributed by atoms with Gasteiger partial charge in [-0.1, -0.05) is 30.3 Å². The van der Waals surface area contributed by atoms with E-state index in [-0.39, 0.29) is 0 Å². The second-order valence-electron chi connectivity index (χ2n) is 4.79. The summed E-state index contributed by atoms with van der Waals surface area (Å²) in [6, 6.07) is 14.2. The Hall–Kier alpha value is -2.46. The molecule has 3 heterocycles. The first-order chi connectivity index (χ1) is 10.3. The van der Waals surface area contributed by atoms with Gasteiger partial charge in [-0.05, 0) is 24.6 Å². The van der Waals surface area contributed by atoms with Crippen LogP contribution in [0.2, 0.25) is 0 Å². The van der Waals surface area contributed by atoms with Crippen molar-refractivity contribution in [3.8, 4) is 21.8 Å². The minimum absolute atomic E-state index is 0.786. The number of fused-ring (bicyclic) bond motifs is 1. The van der Waals surface area contributed by atoms with E-state index in [4.69, 9.17) is 4.42 Å². The van der Waals surface area contributed by atoms with Crippen molar-refractivity contribution in [2.45, 2.75) is 6.92 Å². The van der Waals surface area contributed by atoms with Crippen molar-refractivity contribution in [3.05, 3.63) is 60.7 Å². The number of hydrogen-bond donors (Lipinski definition) is 0. The molecule has 21 heavy (non-hydrogen) atoms. The number of rotatable bonds is 2. The van der Waals surface area contributed by atoms with Crippen LogP contribution in [0.5, 0.6) is 0 Å². The summed E-state index contributed by atoms with van der Waals surface area (Å²) in [5.41, 5.74) is 2.30. The Balaban J connectivity index is 2.08. The normalized spacial score (nSPS) is 11.1. The third-order valence-electron chi connectivity index (χ3n) is 3.38. The van der Waals surface area contributed by atoms with Crippen LogP contribution < -0.4 is 0 Å². The summed E-state index contributed by atoms with van der Waals surface area (Å²) in [5, 5.41) is 1.07. The Morgan fingerprint density at radius 1 is 1.05 bits per heavy atom. The molecule has 0 spiro atoms. The van der Waals surface area contributed by atoms with E-state index in [1.165, 1.54) is 0 Å². The Kier molecular flexibility index (Phi) is 2.82. The molecule has 0 amide bonds. The monoisotopic (exact) mass is 292 g/mol. The fourth-order valence-electron chi connectivity index (χ4n) is 2.44. The van der Waals surface area contributed by atoms with Crippen molar-refractivity contribution in [1.29, 1.82) is 0 Å². The van der Waals surface area contributed by atoms with Gasteiger partial charge in [-0.3, -0.25) is 0 Å². The van der Waals surface area contributed by atoms with Gasteiger partial charge in [0, 0.05) is 17.1 Å². The minimum atomic E-state index is 0.786. The molecular weight excluding hydrogens is 280 g/mol. The highest BCUT2D eigenvalue weighted by atomic mass is 32.1. The van der Waals surface area contributed by atoms with Crippen LogP contribution in [0.1, 0.15) is 5.82 Å². The number of aromatic nitrogens is 2. The number of nitrogens with zero attached hydrogens (tertiary/aromatic N) is 2. The first-order valence-electron chi connectivity index (χ1n) is 6.68. The van der Waals surface area contributed by atoms with Crippen molar-refractivity contribution in [2.75, 3.05) is 0 Å². The lowest BCUT2D eigenvalue weighted by Crippen LogP contribution is -1.85. The minimum Gasteiger partial charge on any atom is -0.463 e. The van der Waals surface area contributed by atoms with Gasteiger partial charge in [-0.2, -0.15) is 0 Å².